The number of hydrogen-bond donors (Lipinski definition) is 3. The van der Waals surface area contributed by atoms with Gasteiger partial charge in [0.1, 0.15) is 23.0 Å². The average Bonchev–Trinajstić information content (AvgIpc) is 3.36. The van der Waals surface area contributed by atoms with E-state index in [-0.39, 0.29) is 0 Å². The highest BCUT2D eigenvalue weighted by Gasteiger charge is 2.23. The molecule has 1 aromatic carbocycles. The largest absolute Gasteiger partial charge is 0.380 e. The van der Waals surface area contributed by atoms with Gasteiger partial charge in [-0.2, -0.15) is 0 Å². The molecule has 0 saturated carbocycles. The van der Waals surface area contributed by atoms with Gasteiger partial charge in [-0.05, 0) is 30.7 Å². The number of nitrogens with zero attached hydrogens (tertiary/aromatic N) is 5. The number of aliphatic hydroxyl groups is 1. The summed E-state index contributed by atoms with van der Waals surface area (Å²) in [5.41, 5.74) is 7.63. The fourth-order valence-corrected chi connectivity index (χ4v) is 3.97. The first-order valence-electron chi connectivity index (χ1n) is 8.27. The third-order valence-electron chi connectivity index (χ3n) is 4.15. The van der Waals surface area contributed by atoms with Crippen molar-refractivity contribution >= 4 is 27.9 Å². The Hall–Kier alpha value is -3.24. The first kappa shape index (κ1) is 17.2. The Morgan fingerprint density at radius 1 is 1.37 bits per heavy atom. The van der Waals surface area contributed by atoms with Crippen LogP contribution in [-0.4, -0.2) is 35.5 Å². The molecule has 0 aliphatic heterocycles. The standard InChI is InChI=1S/C17H17N7O2S/c1-2-13-15(23-9-19-7-14(23)27-13)16(25)12-8-24(22-21-12)11-5-3-10(4-6-11)20-17(18)26/h3-9,16,25H,2H2,1H3,(H3,18,20,26). The topological polar surface area (TPSA) is 123 Å². The molecule has 4 rings (SSSR count). The first-order valence-corrected chi connectivity index (χ1v) is 9.09. The normalized spacial score (nSPS) is 12.4. The highest BCUT2D eigenvalue weighted by Crippen LogP contribution is 2.31. The second-order valence-electron chi connectivity index (χ2n) is 5.89. The molecule has 9 nitrogen and oxygen atoms in total. The van der Waals surface area contributed by atoms with Gasteiger partial charge in [0.2, 0.25) is 0 Å². The van der Waals surface area contributed by atoms with E-state index in [2.05, 4.69) is 20.6 Å². The maximum atomic E-state index is 10.9. The molecule has 1 atom stereocenters. The summed E-state index contributed by atoms with van der Waals surface area (Å²) in [5.74, 6) is 0. The highest BCUT2D eigenvalue weighted by molar-refractivity contribution is 7.17. The summed E-state index contributed by atoms with van der Waals surface area (Å²) in [6.45, 7) is 2.05. The SMILES string of the molecule is CCc1sc2cncn2c1C(O)c1cn(-c2ccc(NC(N)=O)cc2)nn1. The Kier molecular flexibility index (Phi) is 4.34. The van der Waals surface area contributed by atoms with Crippen LogP contribution in [0.2, 0.25) is 0 Å². The van der Waals surface area contributed by atoms with E-state index >= 15 is 0 Å². The van der Waals surface area contributed by atoms with Crippen LogP contribution in [-0.2, 0) is 6.42 Å². The summed E-state index contributed by atoms with van der Waals surface area (Å²) in [5, 5.41) is 21.6. The van der Waals surface area contributed by atoms with E-state index < -0.39 is 12.1 Å². The zero-order chi connectivity index (χ0) is 19.0. The summed E-state index contributed by atoms with van der Waals surface area (Å²) in [4.78, 5) is 17.1. The van der Waals surface area contributed by atoms with Crippen LogP contribution >= 0.6 is 11.3 Å². The number of imidazole rings is 1. The van der Waals surface area contributed by atoms with Crippen molar-refractivity contribution < 1.29 is 9.90 Å². The van der Waals surface area contributed by atoms with Crippen molar-refractivity contribution in [1.29, 1.82) is 0 Å². The van der Waals surface area contributed by atoms with E-state index in [0.29, 0.717) is 11.4 Å². The van der Waals surface area contributed by atoms with Crippen molar-refractivity contribution in [3.8, 4) is 5.69 Å². The van der Waals surface area contributed by atoms with Gasteiger partial charge in [-0.25, -0.2) is 14.5 Å². The number of primary amides is 1. The molecule has 3 heterocycles. The minimum absolute atomic E-state index is 0.442. The molecular weight excluding hydrogens is 366 g/mol. The van der Waals surface area contributed by atoms with Crippen LogP contribution in [0.25, 0.3) is 10.5 Å². The van der Waals surface area contributed by atoms with Crippen molar-refractivity contribution in [2.75, 3.05) is 5.32 Å². The average molecular weight is 383 g/mol. The van der Waals surface area contributed by atoms with E-state index in [1.54, 1.807) is 59.0 Å². The molecule has 2 amide bonds. The van der Waals surface area contributed by atoms with Gasteiger partial charge in [0.15, 0.2) is 0 Å². The summed E-state index contributed by atoms with van der Waals surface area (Å²) in [6.07, 6.45) is 5.05. The molecule has 4 aromatic rings. The molecule has 0 aliphatic carbocycles. The lowest BCUT2D eigenvalue weighted by atomic mass is 10.1. The summed E-state index contributed by atoms with van der Waals surface area (Å²) >= 11 is 1.60. The second kappa shape index (κ2) is 6.82. The van der Waals surface area contributed by atoms with Gasteiger partial charge in [-0.3, -0.25) is 4.40 Å². The number of amides is 2. The Morgan fingerprint density at radius 3 is 2.85 bits per heavy atom. The first-order chi connectivity index (χ1) is 13.1. The fraction of sp³-hybridized carbons (Fsp3) is 0.176. The Labute approximate surface area is 158 Å². The third-order valence-corrected chi connectivity index (χ3v) is 5.40. The predicted molar refractivity (Wildman–Crippen MR) is 101 cm³/mol. The number of carbonyl (C=O) groups excluding carboxylic acids is 1. The van der Waals surface area contributed by atoms with Crippen LogP contribution < -0.4 is 11.1 Å². The van der Waals surface area contributed by atoms with E-state index in [0.717, 1.165) is 27.5 Å². The van der Waals surface area contributed by atoms with Crippen molar-refractivity contribution in [1.82, 2.24) is 24.4 Å². The smallest absolute Gasteiger partial charge is 0.316 e. The van der Waals surface area contributed by atoms with Crippen LogP contribution in [0.3, 0.4) is 0 Å². The van der Waals surface area contributed by atoms with Crippen LogP contribution in [0.5, 0.6) is 0 Å². The number of fused-ring (bicyclic) bond motifs is 1. The highest BCUT2D eigenvalue weighted by atomic mass is 32.1. The number of aryl methyl sites for hydroxylation is 1. The van der Waals surface area contributed by atoms with Crippen LogP contribution in [0.4, 0.5) is 10.5 Å². The third kappa shape index (κ3) is 3.15. The maximum Gasteiger partial charge on any atom is 0.316 e. The molecule has 4 N–H and O–H groups in total. The van der Waals surface area contributed by atoms with Crippen LogP contribution in [0, 0.1) is 0 Å². The van der Waals surface area contributed by atoms with Crippen molar-refractivity contribution in [3.05, 3.63) is 59.3 Å². The van der Waals surface area contributed by atoms with Crippen molar-refractivity contribution in [3.63, 3.8) is 0 Å². The molecular formula is C17H17N7O2S. The van der Waals surface area contributed by atoms with Gasteiger partial charge in [0, 0.05) is 10.6 Å². The number of aliphatic hydroxyl groups excluding tert-OH is 1. The minimum atomic E-state index is -0.910. The number of rotatable bonds is 5. The zero-order valence-corrected chi connectivity index (χ0v) is 15.2. The lowest BCUT2D eigenvalue weighted by Crippen LogP contribution is -2.19. The number of urea groups is 1. The van der Waals surface area contributed by atoms with Gasteiger partial charge < -0.3 is 16.2 Å². The summed E-state index contributed by atoms with van der Waals surface area (Å²) in [6, 6.07) is 6.34. The number of anilines is 1. The van der Waals surface area contributed by atoms with Crippen LogP contribution in [0.15, 0.2) is 43.0 Å². The number of aromatic nitrogens is 5. The number of nitrogens with two attached hydrogens (primary N) is 1. The molecule has 0 bridgehead atoms. The lowest BCUT2D eigenvalue weighted by molar-refractivity contribution is 0.208. The Bertz CT molecular complexity index is 1100. The van der Waals surface area contributed by atoms with Gasteiger partial charge >= 0.3 is 6.03 Å². The van der Waals surface area contributed by atoms with Gasteiger partial charge in [0.25, 0.3) is 0 Å². The number of hydrogen-bond acceptors (Lipinski definition) is 6. The molecule has 0 saturated heterocycles. The molecule has 0 radical (unpaired) electrons. The molecule has 27 heavy (non-hydrogen) atoms. The molecule has 0 fully saturated rings. The molecule has 1 unspecified atom stereocenters. The molecule has 10 heteroatoms. The number of carbonyl (C=O) groups is 1. The molecule has 0 aliphatic rings. The van der Waals surface area contributed by atoms with E-state index in [1.807, 2.05) is 11.3 Å². The van der Waals surface area contributed by atoms with E-state index in [1.165, 1.54) is 0 Å². The number of benzene rings is 1. The number of thiazole rings is 1. The van der Waals surface area contributed by atoms with E-state index in [4.69, 9.17) is 5.73 Å². The van der Waals surface area contributed by atoms with Gasteiger partial charge in [0.05, 0.1) is 23.8 Å². The molecule has 3 aromatic heterocycles. The Balaban J connectivity index is 1.63. The monoisotopic (exact) mass is 383 g/mol. The van der Waals surface area contributed by atoms with Gasteiger partial charge in [-0.15, -0.1) is 16.4 Å². The van der Waals surface area contributed by atoms with Crippen LogP contribution in [0.1, 0.15) is 29.3 Å². The van der Waals surface area contributed by atoms with E-state index in [9.17, 15) is 9.90 Å². The molecule has 0 spiro atoms. The second-order valence-corrected chi connectivity index (χ2v) is 7.01. The summed E-state index contributed by atoms with van der Waals surface area (Å²) < 4.78 is 3.45. The fourth-order valence-electron chi connectivity index (χ4n) is 2.90. The quantitative estimate of drug-likeness (QED) is 0.487. The summed E-state index contributed by atoms with van der Waals surface area (Å²) in [7, 11) is 0. The van der Waals surface area contributed by atoms with Crippen molar-refractivity contribution in [2.45, 2.75) is 19.4 Å². The molecule has 138 valence electrons. The Morgan fingerprint density at radius 2 is 2.15 bits per heavy atom. The lowest BCUT2D eigenvalue weighted by Gasteiger charge is -2.09. The van der Waals surface area contributed by atoms with Crippen molar-refractivity contribution in [2.24, 2.45) is 5.73 Å². The minimum Gasteiger partial charge on any atom is -0.380 e. The van der Waals surface area contributed by atoms with Gasteiger partial charge in [-0.1, -0.05) is 12.1 Å². The maximum absolute atomic E-state index is 10.9. The predicted octanol–water partition coefficient (Wildman–Crippen LogP) is 2.11. The zero-order valence-electron chi connectivity index (χ0n) is 14.4. The number of nitrogens with one attached hydrogen (secondary N) is 1.